The van der Waals surface area contributed by atoms with Crippen molar-refractivity contribution >= 4 is 0 Å². The van der Waals surface area contributed by atoms with Gasteiger partial charge in [-0.3, -0.25) is 4.98 Å². The number of pyridine rings is 1. The Balaban J connectivity index is 1.99. The van der Waals surface area contributed by atoms with Crippen LogP contribution in [0.15, 0.2) is 66.9 Å². The molecule has 0 radical (unpaired) electrons. The minimum Gasteiger partial charge on any atom is -0.403 e. The Morgan fingerprint density at radius 3 is 2.11 bits per heavy atom. The Morgan fingerprint density at radius 2 is 1.39 bits per heavy atom. The van der Waals surface area contributed by atoms with Gasteiger partial charge < -0.3 is 9.47 Å². The van der Waals surface area contributed by atoms with Crippen molar-refractivity contribution < 1.29 is 9.47 Å². The molecule has 0 N–H and O–H groups in total. The third-order valence-electron chi connectivity index (χ3n) is 3.67. The van der Waals surface area contributed by atoms with Gasteiger partial charge >= 0.3 is 0 Å². The van der Waals surface area contributed by atoms with Crippen LogP contribution < -0.4 is 9.47 Å². The number of hydrogen-bond donors (Lipinski definition) is 0. The van der Waals surface area contributed by atoms with Crippen molar-refractivity contribution in [3.05, 3.63) is 66.9 Å². The van der Waals surface area contributed by atoms with E-state index in [1.165, 1.54) is 0 Å². The zero-order chi connectivity index (χ0) is 19.6. The smallest absolute Gasteiger partial charge is 0.184 e. The van der Waals surface area contributed by atoms with Crippen molar-refractivity contribution in [3.8, 4) is 82.6 Å². The topological polar surface area (TPSA) is 31.4 Å². The summed E-state index contributed by atoms with van der Waals surface area (Å²) in [7, 11) is 0. The fraction of sp³-hybridized carbons (Fsp3) is 0. The molecule has 0 saturated carbocycles. The van der Waals surface area contributed by atoms with E-state index in [1.807, 2.05) is 48.5 Å². The highest BCUT2D eigenvalue weighted by atomic mass is 16.5. The van der Waals surface area contributed by atoms with Crippen LogP contribution in [0, 0.1) is 48.7 Å². The molecule has 3 aromatic rings. The summed E-state index contributed by atoms with van der Waals surface area (Å²) in [5.74, 6) is 9.94. The molecule has 0 aliphatic carbocycles. The first-order chi connectivity index (χ1) is 13.8. The van der Waals surface area contributed by atoms with Crippen LogP contribution in [0.4, 0.5) is 0 Å². The second-order valence-electron chi connectivity index (χ2n) is 5.40. The van der Waals surface area contributed by atoms with Gasteiger partial charge in [0.2, 0.25) is 0 Å². The highest BCUT2D eigenvalue weighted by Crippen LogP contribution is 2.34. The third-order valence-corrected chi connectivity index (χ3v) is 3.67. The van der Waals surface area contributed by atoms with Crippen molar-refractivity contribution in [3.63, 3.8) is 0 Å². The fourth-order valence-corrected chi connectivity index (χ4v) is 2.46. The number of terminal acetylenes is 2. The second-order valence-corrected chi connectivity index (χ2v) is 5.40. The molecular weight excluding hydrogens is 346 g/mol. The minimum atomic E-state index is 0.384. The van der Waals surface area contributed by atoms with E-state index in [4.69, 9.17) is 22.3 Å². The zero-order valence-electron chi connectivity index (χ0n) is 14.8. The van der Waals surface area contributed by atoms with Crippen LogP contribution in [0.3, 0.4) is 0 Å². The Hall–Kier alpha value is -4.57. The average molecular weight is 359 g/mol. The summed E-state index contributed by atoms with van der Waals surface area (Å²) in [5, 5.41) is 0. The van der Waals surface area contributed by atoms with Gasteiger partial charge in [0.05, 0.1) is 5.69 Å². The summed E-state index contributed by atoms with van der Waals surface area (Å²) < 4.78 is 10.8. The first kappa shape index (κ1) is 18.2. The maximum Gasteiger partial charge on any atom is 0.184 e. The van der Waals surface area contributed by atoms with Crippen LogP contribution >= 0.6 is 0 Å². The van der Waals surface area contributed by atoms with Crippen LogP contribution in [0.25, 0.3) is 22.4 Å². The molecule has 0 fully saturated rings. The van der Waals surface area contributed by atoms with Crippen molar-refractivity contribution in [2.45, 2.75) is 0 Å². The molecule has 0 amide bonds. The lowest BCUT2D eigenvalue weighted by Crippen LogP contribution is -1.91. The Labute approximate surface area is 164 Å². The fourth-order valence-electron chi connectivity index (χ4n) is 2.46. The third kappa shape index (κ3) is 4.53. The summed E-state index contributed by atoms with van der Waals surface area (Å²) in [4.78, 5) is 4.39. The Kier molecular flexibility index (Phi) is 6.00. The molecular formula is C25H13NO2. The summed E-state index contributed by atoms with van der Waals surface area (Å²) >= 11 is 0. The van der Waals surface area contributed by atoms with E-state index < -0.39 is 0 Å². The lowest BCUT2D eigenvalue weighted by atomic mass is 10.0. The van der Waals surface area contributed by atoms with E-state index in [-0.39, 0.29) is 0 Å². The van der Waals surface area contributed by atoms with Crippen LogP contribution in [-0.2, 0) is 0 Å². The van der Waals surface area contributed by atoms with Gasteiger partial charge in [-0.15, -0.1) is 12.8 Å². The molecule has 0 bridgehead atoms. The molecule has 3 heteroatoms. The maximum absolute atomic E-state index is 5.42. The molecule has 0 spiro atoms. The van der Waals surface area contributed by atoms with Crippen LogP contribution in [0.5, 0.6) is 11.5 Å². The molecule has 3 nitrogen and oxygen atoms in total. The van der Waals surface area contributed by atoms with Crippen molar-refractivity contribution in [2.24, 2.45) is 0 Å². The predicted octanol–water partition coefficient (Wildman–Crippen LogP) is 4.36. The molecule has 28 heavy (non-hydrogen) atoms. The number of rotatable bonds is 4. The molecule has 0 aliphatic heterocycles. The monoisotopic (exact) mass is 359 g/mol. The van der Waals surface area contributed by atoms with Gasteiger partial charge in [-0.25, -0.2) is 0 Å². The predicted molar refractivity (Wildman–Crippen MR) is 110 cm³/mol. The van der Waals surface area contributed by atoms with Gasteiger partial charge in [0, 0.05) is 23.6 Å². The van der Waals surface area contributed by atoms with Gasteiger partial charge in [0.15, 0.2) is 11.5 Å². The average Bonchev–Trinajstić information content (AvgIpc) is 2.75. The standard InChI is InChI=1S/C25H13NO2/c1-3-5-16-27-24-14-13-21(19-25(24)28-17-6-4-2)20-10-9-11-22(18-20)23-12-7-8-15-26-23/h1-2,7-15,18-19H. The van der Waals surface area contributed by atoms with E-state index in [2.05, 4.69) is 40.9 Å². The van der Waals surface area contributed by atoms with Crippen LogP contribution in [0.2, 0.25) is 0 Å². The normalized spacial score (nSPS) is 8.79. The molecule has 1 aromatic heterocycles. The first-order valence-electron chi connectivity index (χ1n) is 8.22. The molecule has 130 valence electrons. The van der Waals surface area contributed by atoms with E-state index in [1.54, 1.807) is 18.3 Å². The zero-order valence-corrected chi connectivity index (χ0v) is 14.8. The lowest BCUT2D eigenvalue weighted by Gasteiger charge is -2.09. The van der Waals surface area contributed by atoms with Crippen molar-refractivity contribution in [1.29, 1.82) is 0 Å². The summed E-state index contributed by atoms with van der Waals surface area (Å²) in [6.45, 7) is 0. The van der Waals surface area contributed by atoms with E-state index >= 15 is 0 Å². The highest BCUT2D eigenvalue weighted by molar-refractivity contribution is 5.73. The van der Waals surface area contributed by atoms with Gasteiger partial charge in [-0.2, -0.15) is 0 Å². The number of nitrogens with zero attached hydrogens (tertiary/aromatic N) is 1. The lowest BCUT2D eigenvalue weighted by molar-refractivity contribution is 0.452. The molecule has 0 aliphatic rings. The van der Waals surface area contributed by atoms with Crippen LogP contribution in [0.1, 0.15) is 0 Å². The van der Waals surface area contributed by atoms with Crippen LogP contribution in [-0.4, -0.2) is 4.98 Å². The number of benzene rings is 2. The Morgan fingerprint density at radius 1 is 0.679 bits per heavy atom. The quantitative estimate of drug-likeness (QED) is 0.649. The van der Waals surface area contributed by atoms with E-state index in [0.29, 0.717) is 11.5 Å². The van der Waals surface area contributed by atoms with Gasteiger partial charge in [0.1, 0.15) is 12.2 Å². The molecule has 0 unspecified atom stereocenters. The number of hydrogen-bond acceptors (Lipinski definition) is 3. The van der Waals surface area contributed by atoms with E-state index in [9.17, 15) is 0 Å². The molecule has 1 heterocycles. The summed E-state index contributed by atoms with van der Waals surface area (Å²) in [6, 6.07) is 19.3. The van der Waals surface area contributed by atoms with Gasteiger partial charge in [-0.1, -0.05) is 30.3 Å². The summed E-state index contributed by atoms with van der Waals surface area (Å²) in [5.41, 5.74) is 3.80. The molecule has 0 saturated heterocycles. The summed E-state index contributed by atoms with van der Waals surface area (Å²) in [6.07, 6.45) is 16.9. The second kappa shape index (κ2) is 9.22. The van der Waals surface area contributed by atoms with Crippen molar-refractivity contribution in [2.75, 3.05) is 0 Å². The molecule has 2 aromatic carbocycles. The van der Waals surface area contributed by atoms with Gasteiger partial charge in [-0.05, 0) is 53.3 Å². The largest absolute Gasteiger partial charge is 0.403 e. The molecule has 3 rings (SSSR count). The highest BCUT2D eigenvalue weighted by Gasteiger charge is 2.09. The van der Waals surface area contributed by atoms with Crippen molar-refractivity contribution in [1.82, 2.24) is 4.98 Å². The van der Waals surface area contributed by atoms with Gasteiger partial charge in [0.25, 0.3) is 0 Å². The number of ether oxygens (including phenoxy) is 2. The SMILES string of the molecule is C#CC#COc1ccc(-c2cccc(-c3ccccn3)c2)cc1OC#CC#C. The number of aromatic nitrogens is 1. The molecule has 0 atom stereocenters. The van der Waals surface area contributed by atoms with E-state index in [0.717, 1.165) is 22.4 Å². The first-order valence-corrected chi connectivity index (χ1v) is 8.22. The maximum atomic E-state index is 5.42. The minimum absolute atomic E-state index is 0.384. The Bertz CT molecular complexity index is 1190.